The van der Waals surface area contributed by atoms with Crippen molar-refractivity contribution < 1.29 is 4.79 Å². The third-order valence-corrected chi connectivity index (χ3v) is 4.29. The van der Waals surface area contributed by atoms with Gasteiger partial charge in [0.2, 0.25) is 5.91 Å². The maximum absolute atomic E-state index is 12.5. The van der Waals surface area contributed by atoms with E-state index >= 15 is 0 Å². The van der Waals surface area contributed by atoms with E-state index in [-0.39, 0.29) is 12.2 Å². The van der Waals surface area contributed by atoms with Gasteiger partial charge in [-0.25, -0.2) is 0 Å². The Balaban J connectivity index is 2.53. The van der Waals surface area contributed by atoms with Gasteiger partial charge in [0.25, 0.3) is 0 Å². The molecule has 2 unspecified atom stereocenters. The fraction of sp³-hybridized carbons (Fsp3) is 0.938. The van der Waals surface area contributed by atoms with Gasteiger partial charge in [-0.1, -0.05) is 41.0 Å². The third kappa shape index (κ3) is 4.45. The lowest BCUT2D eigenvalue weighted by molar-refractivity contribution is -0.130. The molecule has 0 aliphatic carbocycles. The number of carbonyl (C=O) groups excluding carboxylic acids is 1. The van der Waals surface area contributed by atoms with Crippen LogP contribution >= 0.6 is 0 Å². The molecule has 0 aromatic heterocycles. The summed E-state index contributed by atoms with van der Waals surface area (Å²) in [6, 6.07) is 0.0139. The van der Waals surface area contributed by atoms with Crippen molar-refractivity contribution in [2.24, 2.45) is 5.92 Å². The topological polar surface area (TPSA) is 35.6 Å². The average molecular weight is 283 g/mol. The lowest BCUT2D eigenvalue weighted by Crippen LogP contribution is -2.39. The van der Waals surface area contributed by atoms with Crippen LogP contribution in [-0.4, -0.2) is 54.1 Å². The Hall–Kier alpha value is -0.610. The van der Waals surface area contributed by atoms with Crippen molar-refractivity contribution in [2.45, 2.75) is 66.1 Å². The van der Waals surface area contributed by atoms with Crippen molar-refractivity contribution in [3.8, 4) is 0 Å². The van der Waals surface area contributed by atoms with Crippen LogP contribution in [0.1, 0.15) is 53.9 Å². The minimum atomic E-state index is 0.0139. The first-order valence-electron chi connectivity index (χ1n) is 8.33. The zero-order valence-electron chi connectivity index (χ0n) is 14.0. The molecule has 1 aliphatic rings. The zero-order valence-corrected chi connectivity index (χ0v) is 14.0. The molecule has 1 heterocycles. The minimum absolute atomic E-state index is 0.0139. The Morgan fingerprint density at radius 2 is 1.90 bits per heavy atom. The number of amides is 1. The molecule has 1 fully saturated rings. The summed E-state index contributed by atoms with van der Waals surface area (Å²) in [4.78, 5) is 17.0. The van der Waals surface area contributed by atoms with E-state index in [1.807, 2.05) is 0 Å². The number of nitrogens with zero attached hydrogens (tertiary/aromatic N) is 2. The highest BCUT2D eigenvalue weighted by atomic mass is 16.2. The van der Waals surface area contributed by atoms with Crippen LogP contribution in [0.5, 0.6) is 0 Å². The molecule has 4 heteroatoms. The first kappa shape index (κ1) is 17.4. The van der Waals surface area contributed by atoms with E-state index in [1.54, 1.807) is 0 Å². The molecular formula is C16H33N3O. The van der Waals surface area contributed by atoms with Gasteiger partial charge in [-0.2, -0.15) is 0 Å². The maximum Gasteiger partial charge on any atom is 0.241 e. The van der Waals surface area contributed by atoms with E-state index in [2.05, 4.69) is 49.7 Å². The summed E-state index contributed by atoms with van der Waals surface area (Å²) < 4.78 is 0. The lowest BCUT2D eigenvalue weighted by Gasteiger charge is -2.25. The summed E-state index contributed by atoms with van der Waals surface area (Å²) in [7, 11) is 0. The van der Waals surface area contributed by atoms with Crippen LogP contribution in [-0.2, 0) is 4.79 Å². The molecule has 0 radical (unpaired) electrons. The quantitative estimate of drug-likeness (QED) is 0.705. The lowest BCUT2D eigenvalue weighted by atomic mass is 10.1. The molecule has 1 N–H and O–H groups in total. The van der Waals surface area contributed by atoms with Gasteiger partial charge in [-0.3, -0.25) is 10.1 Å². The molecule has 20 heavy (non-hydrogen) atoms. The highest BCUT2D eigenvalue weighted by Crippen LogP contribution is 2.20. The number of hydrogen-bond acceptors (Lipinski definition) is 3. The average Bonchev–Trinajstić information content (AvgIpc) is 2.73. The van der Waals surface area contributed by atoms with Crippen LogP contribution in [0.25, 0.3) is 0 Å². The van der Waals surface area contributed by atoms with Crippen LogP contribution in [0, 0.1) is 5.92 Å². The molecule has 4 nitrogen and oxygen atoms in total. The van der Waals surface area contributed by atoms with Crippen LogP contribution in [0.15, 0.2) is 0 Å². The van der Waals surface area contributed by atoms with E-state index in [0.29, 0.717) is 11.8 Å². The molecule has 1 amide bonds. The van der Waals surface area contributed by atoms with Crippen LogP contribution in [0.3, 0.4) is 0 Å². The first-order chi connectivity index (χ1) is 9.54. The van der Waals surface area contributed by atoms with Crippen LogP contribution in [0.4, 0.5) is 0 Å². The Morgan fingerprint density at radius 1 is 1.25 bits per heavy atom. The molecule has 0 aromatic rings. The molecule has 0 aromatic carbocycles. The number of nitrogens with one attached hydrogen (secondary N) is 1. The molecule has 2 atom stereocenters. The second kappa shape index (κ2) is 8.63. The fourth-order valence-corrected chi connectivity index (χ4v) is 2.96. The van der Waals surface area contributed by atoms with Gasteiger partial charge < -0.3 is 9.80 Å². The van der Waals surface area contributed by atoms with E-state index in [1.165, 1.54) is 0 Å². The van der Waals surface area contributed by atoms with Gasteiger partial charge in [0.15, 0.2) is 0 Å². The molecule has 0 bridgehead atoms. The highest BCUT2D eigenvalue weighted by molar-refractivity contribution is 5.84. The third-order valence-electron chi connectivity index (χ3n) is 4.29. The smallest absolute Gasteiger partial charge is 0.241 e. The number of hydrogen-bond donors (Lipinski definition) is 1. The predicted octanol–water partition coefficient (Wildman–Crippen LogP) is 2.30. The summed E-state index contributed by atoms with van der Waals surface area (Å²) in [5, 5.41) is 3.52. The summed E-state index contributed by atoms with van der Waals surface area (Å²) in [5.74, 6) is 0.674. The van der Waals surface area contributed by atoms with Crippen molar-refractivity contribution in [2.75, 3.05) is 26.2 Å². The fourth-order valence-electron chi connectivity index (χ4n) is 2.96. The van der Waals surface area contributed by atoms with Crippen molar-refractivity contribution in [3.63, 3.8) is 0 Å². The van der Waals surface area contributed by atoms with E-state index in [9.17, 15) is 4.79 Å². The van der Waals surface area contributed by atoms with Crippen LogP contribution in [0.2, 0.25) is 0 Å². The maximum atomic E-state index is 12.5. The van der Waals surface area contributed by atoms with Crippen molar-refractivity contribution in [1.29, 1.82) is 0 Å². The molecule has 118 valence electrons. The Kier molecular flexibility index (Phi) is 7.52. The second-order valence-electron chi connectivity index (χ2n) is 6.10. The normalized spacial score (nSPS) is 23.4. The monoisotopic (exact) mass is 283 g/mol. The van der Waals surface area contributed by atoms with Gasteiger partial charge in [0.1, 0.15) is 0 Å². The molecule has 0 spiro atoms. The first-order valence-corrected chi connectivity index (χ1v) is 8.33. The standard InChI is InChI=1S/C16H33N3O/c1-6-10-14-17-15(13(4)5)16(20)19(14)12-9-11-18(7-2)8-3/h13-15,17H,6-12H2,1-5H3. The van der Waals surface area contributed by atoms with E-state index in [4.69, 9.17) is 0 Å². The predicted molar refractivity (Wildman–Crippen MR) is 84.6 cm³/mol. The summed E-state index contributed by atoms with van der Waals surface area (Å²) >= 11 is 0. The van der Waals surface area contributed by atoms with Gasteiger partial charge >= 0.3 is 0 Å². The summed E-state index contributed by atoms with van der Waals surface area (Å²) in [6.45, 7) is 15.0. The van der Waals surface area contributed by atoms with E-state index < -0.39 is 0 Å². The number of carbonyl (C=O) groups is 1. The van der Waals surface area contributed by atoms with Gasteiger partial charge in [-0.15, -0.1) is 0 Å². The highest BCUT2D eigenvalue weighted by Gasteiger charge is 2.39. The minimum Gasteiger partial charge on any atom is -0.326 e. The number of rotatable bonds is 9. The van der Waals surface area contributed by atoms with Crippen molar-refractivity contribution >= 4 is 5.91 Å². The molecular weight excluding hydrogens is 250 g/mol. The second-order valence-corrected chi connectivity index (χ2v) is 6.10. The molecule has 1 aliphatic heterocycles. The summed E-state index contributed by atoms with van der Waals surface area (Å²) in [5.41, 5.74) is 0. The Morgan fingerprint density at radius 3 is 2.40 bits per heavy atom. The largest absolute Gasteiger partial charge is 0.326 e. The molecule has 1 saturated heterocycles. The SMILES string of the molecule is CCCC1NC(C(C)C)C(=O)N1CCCN(CC)CC. The zero-order chi connectivity index (χ0) is 15.1. The van der Waals surface area contributed by atoms with Crippen molar-refractivity contribution in [1.82, 2.24) is 15.1 Å². The Labute approximate surface area is 124 Å². The molecule has 0 saturated carbocycles. The Bertz CT molecular complexity index is 289. The van der Waals surface area contributed by atoms with Gasteiger partial charge in [0, 0.05) is 6.54 Å². The summed E-state index contributed by atoms with van der Waals surface area (Å²) in [6.07, 6.45) is 3.49. The van der Waals surface area contributed by atoms with Gasteiger partial charge in [0.05, 0.1) is 12.2 Å². The molecule has 1 rings (SSSR count). The van der Waals surface area contributed by atoms with E-state index in [0.717, 1.165) is 45.4 Å². The van der Waals surface area contributed by atoms with Crippen LogP contribution < -0.4 is 5.32 Å². The van der Waals surface area contributed by atoms with Gasteiger partial charge in [-0.05, 0) is 38.4 Å². The van der Waals surface area contributed by atoms with Crippen molar-refractivity contribution in [3.05, 3.63) is 0 Å².